The van der Waals surface area contributed by atoms with Crippen LogP contribution < -0.4 is 16.3 Å². The van der Waals surface area contributed by atoms with E-state index in [-0.39, 0.29) is 23.9 Å². The van der Waals surface area contributed by atoms with Gasteiger partial charge in [0.15, 0.2) is 5.16 Å². The van der Waals surface area contributed by atoms with Gasteiger partial charge < -0.3 is 10.6 Å². The van der Waals surface area contributed by atoms with E-state index in [0.29, 0.717) is 17.4 Å². The number of benzene rings is 1. The molecule has 134 valence electrons. The Morgan fingerprint density at radius 1 is 1.28 bits per heavy atom. The van der Waals surface area contributed by atoms with Gasteiger partial charge in [0.25, 0.3) is 0 Å². The molecule has 0 saturated carbocycles. The largest absolute Gasteiger partial charge is 0.346 e. The van der Waals surface area contributed by atoms with Crippen molar-refractivity contribution in [2.45, 2.75) is 25.0 Å². The number of aromatic amines is 1. The number of halogens is 1. The normalized spacial score (nSPS) is 10.5. The Labute approximate surface area is 147 Å². The maximum absolute atomic E-state index is 12.8. The van der Waals surface area contributed by atoms with E-state index in [1.807, 2.05) is 6.92 Å². The lowest BCUT2D eigenvalue weighted by molar-refractivity contribution is -0.122. The molecule has 2 aromatic rings. The van der Waals surface area contributed by atoms with Gasteiger partial charge in [0, 0.05) is 12.2 Å². The molecule has 8 nitrogen and oxygen atoms in total. The molecule has 0 fully saturated rings. The second-order valence-corrected chi connectivity index (χ2v) is 6.03. The Morgan fingerprint density at radius 3 is 2.68 bits per heavy atom. The number of aromatic nitrogens is 3. The second kappa shape index (κ2) is 9.02. The fourth-order valence-corrected chi connectivity index (χ4v) is 2.74. The van der Waals surface area contributed by atoms with Gasteiger partial charge in [-0.1, -0.05) is 18.7 Å². The minimum atomic E-state index is -0.424. The Balaban J connectivity index is 1.76. The summed E-state index contributed by atoms with van der Waals surface area (Å²) in [4.78, 5) is 35.1. The molecular formula is C15H18FN5O3S. The van der Waals surface area contributed by atoms with Gasteiger partial charge in [-0.15, -0.1) is 5.10 Å². The molecule has 0 aliphatic heterocycles. The number of nitrogens with one attached hydrogen (secondary N) is 3. The van der Waals surface area contributed by atoms with Crippen molar-refractivity contribution >= 4 is 29.3 Å². The molecule has 0 atom stereocenters. The Morgan fingerprint density at radius 2 is 2.00 bits per heavy atom. The van der Waals surface area contributed by atoms with Crippen LogP contribution in [0, 0.1) is 5.82 Å². The van der Waals surface area contributed by atoms with E-state index in [1.54, 1.807) is 0 Å². The fourth-order valence-electron chi connectivity index (χ4n) is 1.93. The van der Waals surface area contributed by atoms with Gasteiger partial charge >= 0.3 is 5.69 Å². The maximum atomic E-state index is 12.8. The molecule has 0 unspecified atom stereocenters. The molecule has 0 bridgehead atoms. The number of nitrogens with zero attached hydrogens (tertiary/aromatic N) is 2. The summed E-state index contributed by atoms with van der Waals surface area (Å²) in [6.07, 6.45) is 0.767. The molecule has 0 aliphatic carbocycles. The van der Waals surface area contributed by atoms with Gasteiger partial charge in [-0.05, 0) is 30.7 Å². The third-order valence-corrected chi connectivity index (χ3v) is 4.05. The van der Waals surface area contributed by atoms with E-state index in [4.69, 9.17) is 0 Å². The highest BCUT2D eigenvalue weighted by molar-refractivity contribution is 7.99. The zero-order valence-electron chi connectivity index (χ0n) is 13.5. The molecule has 1 heterocycles. The van der Waals surface area contributed by atoms with Crippen LogP contribution in [0.3, 0.4) is 0 Å². The van der Waals surface area contributed by atoms with Crippen molar-refractivity contribution in [1.29, 1.82) is 0 Å². The molecule has 0 saturated heterocycles. The summed E-state index contributed by atoms with van der Waals surface area (Å²) in [5.41, 5.74) is 0.124. The summed E-state index contributed by atoms with van der Waals surface area (Å²) in [7, 11) is 0. The Hall–Kier alpha value is -2.62. The van der Waals surface area contributed by atoms with Crippen LogP contribution in [-0.4, -0.2) is 38.9 Å². The number of hydrogen-bond acceptors (Lipinski definition) is 5. The smallest absolute Gasteiger partial charge is 0.343 e. The number of hydrogen-bond donors (Lipinski definition) is 3. The lowest BCUT2D eigenvalue weighted by Crippen LogP contribution is -2.34. The minimum Gasteiger partial charge on any atom is -0.346 e. The van der Waals surface area contributed by atoms with Gasteiger partial charge in [0.05, 0.1) is 12.3 Å². The number of rotatable bonds is 8. The van der Waals surface area contributed by atoms with Crippen LogP contribution in [0.4, 0.5) is 10.1 Å². The fraction of sp³-hybridized carbons (Fsp3) is 0.333. The number of carbonyl (C=O) groups excluding carboxylic acids is 2. The van der Waals surface area contributed by atoms with Crippen LogP contribution in [0.25, 0.3) is 0 Å². The summed E-state index contributed by atoms with van der Waals surface area (Å²) in [5, 5.41) is 11.6. The van der Waals surface area contributed by atoms with Crippen LogP contribution in [0.1, 0.15) is 13.3 Å². The van der Waals surface area contributed by atoms with Crippen LogP contribution >= 0.6 is 11.8 Å². The predicted octanol–water partition coefficient (Wildman–Crippen LogP) is 0.967. The molecular weight excluding hydrogens is 349 g/mol. The first-order valence-electron chi connectivity index (χ1n) is 7.59. The van der Waals surface area contributed by atoms with Crippen molar-refractivity contribution in [3.63, 3.8) is 0 Å². The van der Waals surface area contributed by atoms with Crippen LogP contribution in [0.5, 0.6) is 0 Å². The first-order valence-corrected chi connectivity index (χ1v) is 8.58. The SMILES string of the molecule is CCCn1c(SCC(=O)NCC(=O)Nc2ccc(F)cc2)n[nH]c1=O. The molecule has 25 heavy (non-hydrogen) atoms. The average Bonchev–Trinajstić information content (AvgIpc) is 2.94. The highest BCUT2D eigenvalue weighted by Crippen LogP contribution is 2.12. The van der Waals surface area contributed by atoms with Crippen LogP contribution in [0.2, 0.25) is 0 Å². The summed E-state index contributed by atoms with van der Waals surface area (Å²) in [6, 6.07) is 5.31. The average molecular weight is 367 g/mol. The lowest BCUT2D eigenvalue weighted by atomic mass is 10.3. The second-order valence-electron chi connectivity index (χ2n) is 5.08. The highest BCUT2D eigenvalue weighted by atomic mass is 32.2. The van der Waals surface area contributed by atoms with E-state index < -0.39 is 11.7 Å². The van der Waals surface area contributed by atoms with Gasteiger partial charge in [0.1, 0.15) is 5.82 Å². The number of carbonyl (C=O) groups is 2. The molecule has 3 N–H and O–H groups in total. The van der Waals surface area contributed by atoms with Gasteiger partial charge in [-0.25, -0.2) is 14.3 Å². The van der Waals surface area contributed by atoms with Crippen LogP contribution in [0.15, 0.2) is 34.2 Å². The van der Waals surface area contributed by atoms with Crippen molar-refractivity contribution in [2.75, 3.05) is 17.6 Å². The Kier molecular flexibility index (Phi) is 6.75. The molecule has 0 spiro atoms. The van der Waals surface area contributed by atoms with E-state index in [2.05, 4.69) is 20.8 Å². The monoisotopic (exact) mass is 367 g/mol. The van der Waals surface area contributed by atoms with Crippen LogP contribution in [-0.2, 0) is 16.1 Å². The van der Waals surface area contributed by atoms with E-state index >= 15 is 0 Å². The highest BCUT2D eigenvalue weighted by Gasteiger charge is 2.11. The maximum Gasteiger partial charge on any atom is 0.343 e. The zero-order valence-corrected chi connectivity index (χ0v) is 14.4. The number of H-pyrrole nitrogens is 1. The van der Waals surface area contributed by atoms with Gasteiger partial charge in [-0.2, -0.15) is 0 Å². The van der Waals surface area contributed by atoms with Crippen molar-refractivity contribution in [2.24, 2.45) is 0 Å². The summed E-state index contributed by atoms with van der Waals surface area (Å²) in [5.74, 6) is -1.16. The number of amides is 2. The van der Waals surface area contributed by atoms with Gasteiger partial charge in [0.2, 0.25) is 11.8 Å². The van der Waals surface area contributed by atoms with Crippen molar-refractivity contribution < 1.29 is 14.0 Å². The zero-order chi connectivity index (χ0) is 18.2. The summed E-state index contributed by atoms with van der Waals surface area (Å²) in [6.45, 7) is 2.23. The third kappa shape index (κ3) is 5.75. The first kappa shape index (κ1) is 18.7. The standard InChI is InChI=1S/C15H18FN5O3S/c1-2-7-21-14(24)19-20-15(21)25-9-13(23)17-8-12(22)18-11-5-3-10(16)4-6-11/h3-6H,2,7-9H2,1H3,(H,17,23)(H,18,22)(H,19,24). The molecule has 1 aromatic heterocycles. The minimum absolute atomic E-state index is 0.0256. The predicted molar refractivity (Wildman–Crippen MR) is 91.9 cm³/mol. The topological polar surface area (TPSA) is 109 Å². The molecule has 2 amide bonds. The van der Waals surface area contributed by atoms with E-state index in [9.17, 15) is 18.8 Å². The van der Waals surface area contributed by atoms with Gasteiger partial charge in [-0.3, -0.25) is 14.2 Å². The molecule has 1 aromatic carbocycles. The molecule has 0 radical (unpaired) electrons. The van der Waals surface area contributed by atoms with Crippen molar-refractivity contribution in [3.8, 4) is 0 Å². The molecule has 10 heteroatoms. The lowest BCUT2D eigenvalue weighted by Gasteiger charge is -2.07. The van der Waals surface area contributed by atoms with E-state index in [0.717, 1.165) is 18.2 Å². The summed E-state index contributed by atoms with van der Waals surface area (Å²) >= 11 is 1.11. The summed E-state index contributed by atoms with van der Waals surface area (Å²) < 4.78 is 14.2. The van der Waals surface area contributed by atoms with Crippen molar-refractivity contribution in [1.82, 2.24) is 20.1 Å². The number of thioether (sulfide) groups is 1. The quantitative estimate of drug-likeness (QED) is 0.603. The third-order valence-electron chi connectivity index (χ3n) is 3.08. The first-order chi connectivity index (χ1) is 12.0. The van der Waals surface area contributed by atoms with Crippen molar-refractivity contribution in [3.05, 3.63) is 40.6 Å². The molecule has 2 rings (SSSR count). The van der Waals surface area contributed by atoms with E-state index in [1.165, 1.54) is 28.8 Å². The Bertz CT molecular complexity index is 787. The number of anilines is 1. The molecule has 0 aliphatic rings.